The predicted octanol–water partition coefficient (Wildman–Crippen LogP) is 3.04. The molecule has 0 aromatic rings. The topological polar surface area (TPSA) is 35.5 Å². The summed E-state index contributed by atoms with van der Waals surface area (Å²) in [6, 6.07) is 0. The van der Waals surface area contributed by atoms with Crippen LogP contribution in [0.4, 0.5) is 0 Å². The number of hydrogen-bond donors (Lipinski definition) is 0. The summed E-state index contributed by atoms with van der Waals surface area (Å²) < 4.78 is 10.7. The minimum absolute atomic E-state index is 0.251. The van der Waals surface area contributed by atoms with Crippen LogP contribution in [-0.2, 0) is 14.0 Å². The van der Waals surface area contributed by atoms with Crippen LogP contribution in [0.25, 0.3) is 0 Å². The molecule has 0 saturated heterocycles. The normalized spacial score (nSPS) is 10.7. The Kier molecular flexibility index (Phi) is 4.91. The summed E-state index contributed by atoms with van der Waals surface area (Å²) in [4.78, 5) is 11.1. The quantitative estimate of drug-likeness (QED) is 0.411. The van der Waals surface area contributed by atoms with E-state index in [9.17, 15) is 4.79 Å². The summed E-state index contributed by atoms with van der Waals surface area (Å²) in [6.07, 6.45) is 0.367. The first kappa shape index (κ1) is 13.2. The van der Waals surface area contributed by atoms with Crippen LogP contribution in [0.5, 0.6) is 0 Å². The van der Waals surface area contributed by atoms with Crippen molar-refractivity contribution in [2.45, 2.75) is 46.8 Å². The SMILES string of the molecule is CCC(=O)OC(O[Si](C)(C)C)=C(C)C. The van der Waals surface area contributed by atoms with Crippen LogP contribution in [0.2, 0.25) is 19.6 Å². The lowest BCUT2D eigenvalue weighted by Crippen LogP contribution is -2.26. The largest absolute Gasteiger partial charge is 0.519 e. The zero-order valence-corrected chi connectivity index (χ0v) is 10.9. The monoisotopic (exact) mass is 216 g/mol. The van der Waals surface area contributed by atoms with Crippen molar-refractivity contribution >= 4 is 14.3 Å². The van der Waals surface area contributed by atoms with E-state index in [4.69, 9.17) is 9.16 Å². The van der Waals surface area contributed by atoms with Gasteiger partial charge < -0.3 is 9.16 Å². The molecule has 0 aromatic heterocycles. The van der Waals surface area contributed by atoms with Gasteiger partial charge in [-0.2, -0.15) is 0 Å². The van der Waals surface area contributed by atoms with Gasteiger partial charge in [0.15, 0.2) is 0 Å². The van der Waals surface area contributed by atoms with Crippen molar-refractivity contribution in [3.8, 4) is 0 Å². The number of ether oxygens (including phenoxy) is 1. The van der Waals surface area contributed by atoms with Gasteiger partial charge in [0.2, 0.25) is 8.32 Å². The highest BCUT2D eigenvalue weighted by atomic mass is 28.4. The van der Waals surface area contributed by atoms with E-state index in [1.807, 2.05) is 13.8 Å². The number of rotatable bonds is 4. The molecular formula is C10H20O3Si. The molecule has 0 spiro atoms. The van der Waals surface area contributed by atoms with Crippen molar-refractivity contribution in [2.24, 2.45) is 0 Å². The van der Waals surface area contributed by atoms with Crippen molar-refractivity contribution in [1.82, 2.24) is 0 Å². The number of carbonyl (C=O) groups excluding carboxylic acids is 1. The number of esters is 1. The third-order valence-corrected chi connectivity index (χ3v) is 2.10. The Morgan fingerprint density at radius 1 is 1.21 bits per heavy atom. The number of carbonyl (C=O) groups is 1. The van der Waals surface area contributed by atoms with Crippen LogP contribution in [-0.4, -0.2) is 14.3 Å². The summed E-state index contributed by atoms with van der Waals surface area (Å²) >= 11 is 0. The molecule has 0 N–H and O–H groups in total. The summed E-state index contributed by atoms with van der Waals surface area (Å²) in [6.45, 7) is 11.7. The molecule has 0 radical (unpaired) electrons. The first-order valence-electron chi connectivity index (χ1n) is 4.83. The molecule has 3 nitrogen and oxygen atoms in total. The van der Waals surface area contributed by atoms with Gasteiger partial charge in [-0.3, -0.25) is 4.79 Å². The minimum atomic E-state index is -1.70. The lowest BCUT2D eigenvalue weighted by molar-refractivity contribution is -0.142. The average molecular weight is 216 g/mol. The molecule has 0 rings (SSSR count). The van der Waals surface area contributed by atoms with Crippen LogP contribution in [0.3, 0.4) is 0 Å². The molecular weight excluding hydrogens is 196 g/mol. The fourth-order valence-electron chi connectivity index (χ4n) is 0.679. The zero-order chi connectivity index (χ0) is 11.4. The Morgan fingerprint density at radius 3 is 2.00 bits per heavy atom. The Hall–Kier alpha value is -0.773. The van der Waals surface area contributed by atoms with Crippen LogP contribution in [0.1, 0.15) is 27.2 Å². The molecule has 4 heteroatoms. The highest BCUT2D eigenvalue weighted by Crippen LogP contribution is 2.15. The fourth-order valence-corrected chi connectivity index (χ4v) is 1.48. The second kappa shape index (κ2) is 5.19. The average Bonchev–Trinajstić information content (AvgIpc) is 2.00. The molecule has 14 heavy (non-hydrogen) atoms. The second-order valence-electron chi connectivity index (χ2n) is 4.33. The van der Waals surface area contributed by atoms with Gasteiger partial charge >= 0.3 is 5.97 Å². The maximum atomic E-state index is 11.1. The van der Waals surface area contributed by atoms with Gasteiger partial charge in [0.1, 0.15) is 0 Å². The third kappa shape index (κ3) is 5.80. The van der Waals surface area contributed by atoms with Crippen LogP contribution in [0.15, 0.2) is 11.5 Å². The molecule has 0 heterocycles. The second-order valence-corrected chi connectivity index (χ2v) is 8.76. The summed E-state index contributed by atoms with van der Waals surface area (Å²) in [5.74, 6) is 0.135. The molecule has 0 unspecified atom stereocenters. The summed E-state index contributed by atoms with van der Waals surface area (Å²) in [5, 5.41) is 0. The first-order valence-corrected chi connectivity index (χ1v) is 8.24. The van der Waals surface area contributed by atoms with E-state index in [0.717, 1.165) is 5.57 Å². The predicted molar refractivity (Wildman–Crippen MR) is 59.2 cm³/mol. The Bertz CT molecular complexity index is 234. The van der Waals surface area contributed by atoms with E-state index in [1.54, 1.807) is 6.92 Å². The molecule has 82 valence electrons. The van der Waals surface area contributed by atoms with E-state index >= 15 is 0 Å². The number of allylic oxidation sites excluding steroid dienone is 1. The molecule has 0 atom stereocenters. The lowest BCUT2D eigenvalue weighted by atomic mass is 10.4. The molecule has 0 aliphatic heterocycles. The van der Waals surface area contributed by atoms with Crippen molar-refractivity contribution < 1.29 is 14.0 Å². The number of hydrogen-bond acceptors (Lipinski definition) is 3. The molecule has 0 fully saturated rings. The summed E-state index contributed by atoms with van der Waals surface area (Å²) in [5.41, 5.74) is 0.897. The zero-order valence-electron chi connectivity index (χ0n) is 9.93. The Balaban J connectivity index is 4.50. The Morgan fingerprint density at radius 2 is 1.71 bits per heavy atom. The smallest absolute Gasteiger partial charge is 0.313 e. The van der Waals surface area contributed by atoms with Crippen LogP contribution >= 0.6 is 0 Å². The molecule has 0 saturated carbocycles. The standard InChI is InChI=1S/C10H20O3Si/c1-7-9(11)12-10(8(2)3)13-14(4,5)6/h7H2,1-6H3. The molecule has 0 amide bonds. The van der Waals surface area contributed by atoms with Crippen molar-refractivity contribution in [2.75, 3.05) is 0 Å². The van der Waals surface area contributed by atoms with Gasteiger partial charge in [-0.25, -0.2) is 0 Å². The highest BCUT2D eigenvalue weighted by Gasteiger charge is 2.20. The molecule has 0 bridgehead atoms. The van der Waals surface area contributed by atoms with E-state index in [-0.39, 0.29) is 5.97 Å². The van der Waals surface area contributed by atoms with Gasteiger partial charge in [-0.05, 0) is 33.5 Å². The van der Waals surface area contributed by atoms with Gasteiger partial charge in [-0.15, -0.1) is 0 Å². The van der Waals surface area contributed by atoms with E-state index in [0.29, 0.717) is 12.4 Å². The molecule has 0 aliphatic carbocycles. The molecule has 0 aromatic carbocycles. The van der Waals surface area contributed by atoms with E-state index in [1.165, 1.54) is 0 Å². The molecule has 0 aliphatic rings. The summed E-state index contributed by atoms with van der Waals surface area (Å²) in [7, 11) is -1.70. The van der Waals surface area contributed by atoms with Crippen LogP contribution < -0.4 is 0 Å². The van der Waals surface area contributed by atoms with Crippen molar-refractivity contribution in [3.05, 3.63) is 11.5 Å². The van der Waals surface area contributed by atoms with E-state index in [2.05, 4.69) is 19.6 Å². The van der Waals surface area contributed by atoms with Crippen molar-refractivity contribution in [3.63, 3.8) is 0 Å². The van der Waals surface area contributed by atoms with Gasteiger partial charge in [0, 0.05) is 12.0 Å². The van der Waals surface area contributed by atoms with E-state index < -0.39 is 8.32 Å². The van der Waals surface area contributed by atoms with Gasteiger partial charge in [0.25, 0.3) is 5.95 Å². The highest BCUT2D eigenvalue weighted by molar-refractivity contribution is 6.70. The maximum absolute atomic E-state index is 11.1. The minimum Gasteiger partial charge on any atom is -0.519 e. The van der Waals surface area contributed by atoms with Gasteiger partial charge in [0.05, 0.1) is 0 Å². The lowest BCUT2D eigenvalue weighted by Gasteiger charge is -2.21. The Labute approximate surface area is 87.2 Å². The van der Waals surface area contributed by atoms with Gasteiger partial charge in [-0.1, -0.05) is 6.92 Å². The third-order valence-electron chi connectivity index (χ3n) is 1.30. The fraction of sp³-hybridized carbons (Fsp3) is 0.700. The van der Waals surface area contributed by atoms with Crippen molar-refractivity contribution in [1.29, 1.82) is 0 Å². The maximum Gasteiger partial charge on any atom is 0.313 e. The van der Waals surface area contributed by atoms with Crippen LogP contribution in [0, 0.1) is 0 Å². The first-order chi connectivity index (χ1) is 6.26.